The molecule has 26 heavy (non-hydrogen) atoms. The Bertz CT molecular complexity index is 817. The van der Waals surface area contributed by atoms with Crippen molar-refractivity contribution in [3.63, 3.8) is 0 Å². The molecule has 2 atom stereocenters. The lowest BCUT2D eigenvalue weighted by atomic mass is 9.81. The molecule has 0 bridgehead atoms. The molecule has 1 fully saturated rings. The van der Waals surface area contributed by atoms with E-state index in [1.807, 2.05) is 0 Å². The molecule has 0 saturated carbocycles. The summed E-state index contributed by atoms with van der Waals surface area (Å²) in [5.41, 5.74) is 5.86. The second-order valence-corrected chi connectivity index (χ2v) is 6.38. The van der Waals surface area contributed by atoms with Crippen LogP contribution in [0.1, 0.15) is 12.5 Å². The highest BCUT2D eigenvalue weighted by atomic mass is 19.1. The van der Waals surface area contributed by atoms with Crippen molar-refractivity contribution in [1.82, 2.24) is 9.97 Å². The van der Waals surface area contributed by atoms with Crippen LogP contribution in [0.5, 0.6) is 0 Å². The molecule has 138 valence electrons. The van der Waals surface area contributed by atoms with Crippen molar-refractivity contribution >= 4 is 17.5 Å². The number of hydrogen-bond acceptors (Lipinski definition) is 6. The van der Waals surface area contributed by atoms with E-state index in [2.05, 4.69) is 15.3 Å². The van der Waals surface area contributed by atoms with Crippen LogP contribution >= 0.6 is 0 Å². The van der Waals surface area contributed by atoms with Crippen molar-refractivity contribution in [3.05, 3.63) is 47.8 Å². The number of benzene rings is 1. The van der Waals surface area contributed by atoms with Gasteiger partial charge in [0.25, 0.3) is 0 Å². The topological polar surface area (TPSA) is 104 Å². The first-order chi connectivity index (χ1) is 12.3. The van der Waals surface area contributed by atoms with Gasteiger partial charge in [0.05, 0.1) is 17.9 Å². The van der Waals surface area contributed by atoms with Gasteiger partial charge in [0.2, 0.25) is 11.9 Å². The summed E-state index contributed by atoms with van der Waals surface area (Å²) in [5, 5.41) is 12.4. The van der Waals surface area contributed by atoms with Crippen LogP contribution in [0.2, 0.25) is 0 Å². The molecule has 3 rings (SSSR count). The van der Waals surface area contributed by atoms with Gasteiger partial charge in [0, 0.05) is 43.8 Å². The maximum atomic E-state index is 14.5. The van der Waals surface area contributed by atoms with Gasteiger partial charge in [-0.15, -0.1) is 0 Å². The molecule has 0 aliphatic carbocycles. The summed E-state index contributed by atoms with van der Waals surface area (Å²) >= 11 is 0. The Morgan fingerprint density at radius 1 is 1.42 bits per heavy atom. The van der Waals surface area contributed by atoms with Crippen LogP contribution in [0.4, 0.5) is 20.4 Å². The number of carbonyl (C=O) groups excluding carboxylic acids is 1. The summed E-state index contributed by atoms with van der Waals surface area (Å²) < 4.78 is 27.6. The number of nitrogens with one attached hydrogen (secondary N) is 1. The van der Waals surface area contributed by atoms with Crippen molar-refractivity contribution in [2.24, 2.45) is 11.7 Å². The molecule has 9 heteroatoms. The second-order valence-electron chi connectivity index (χ2n) is 6.38. The Morgan fingerprint density at radius 3 is 2.73 bits per heavy atom. The SMILES string of the molecule is CC(=O)Nc1ccc(F)c([C@]2(N)CN(c3ncc(F)cn3)C[C@H]2CO)c1. The Labute approximate surface area is 148 Å². The molecule has 4 N–H and O–H groups in total. The van der Waals surface area contributed by atoms with Crippen LogP contribution in [0.3, 0.4) is 0 Å². The lowest BCUT2D eigenvalue weighted by molar-refractivity contribution is -0.114. The molecule has 1 aromatic heterocycles. The first kappa shape index (κ1) is 18.2. The summed E-state index contributed by atoms with van der Waals surface area (Å²) in [6, 6.07) is 4.13. The van der Waals surface area contributed by atoms with E-state index in [9.17, 15) is 18.7 Å². The number of halogens is 2. The molecule has 0 unspecified atom stereocenters. The van der Waals surface area contributed by atoms with Crippen LogP contribution in [-0.2, 0) is 10.3 Å². The Kier molecular flexibility index (Phi) is 4.84. The highest BCUT2D eigenvalue weighted by Crippen LogP contribution is 2.38. The number of nitrogens with zero attached hydrogens (tertiary/aromatic N) is 3. The van der Waals surface area contributed by atoms with Gasteiger partial charge < -0.3 is 21.1 Å². The van der Waals surface area contributed by atoms with E-state index in [1.165, 1.54) is 25.1 Å². The fourth-order valence-corrected chi connectivity index (χ4v) is 3.25. The monoisotopic (exact) mass is 363 g/mol. The number of aliphatic hydroxyl groups excluding tert-OH is 1. The predicted molar refractivity (Wildman–Crippen MR) is 91.3 cm³/mol. The molecular formula is C17H19F2N5O2. The Morgan fingerprint density at radius 2 is 2.12 bits per heavy atom. The van der Waals surface area contributed by atoms with Crippen molar-refractivity contribution in [1.29, 1.82) is 0 Å². The van der Waals surface area contributed by atoms with Crippen LogP contribution in [0, 0.1) is 17.6 Å². The fraction of sp³-hybridized carbons (Fsp3) is 0.353. The van der Waals surface area contributed by atoms with E-state index in [0.29, 0.717) is 5.69 Å². The van der Waals surface area contributed by atoms with Gasteiger partial charge >= 0.3 is 0 Å². The fourth-order valence-electron chi connectivity index (χ4n) is 3.25. The first-order valence-electron chi connectivity index (χ1n) is 8.03. The van der Waals surface area contributed by atoms with E-state index in [1.54, 1.807) is 4.90 Å². The minimum atomic E-state index is -1.23. The third-order valence-electron chi connectivity index (χ3n) is 4.52. The van der Waals surface area contributed by atoms with Gasteiger partial charge in [-0.05, 0) is 18.2 Å². The predicted octanol–water partition coefficient (Wildman–Crippen LogP) is 0.996. The van der Waals surface area contributed by atoms with E-state index in [0.717, 1.165) is 12.4 Å². The summed E-state index contributed by atoms with van der Waals surface area (Å²) in [6.45, 7) is 1.48. The molecular weight excluding hydrogens is 344 g/mol. The Balaban J connectivity index is 1.96. The number of aromatic nitrogens is 2. The zero-order valence-electron chi connectivity index (χ0n) is 14.1. The third kappa shape index (κ3) is 3.35. The van der Waals surface area contributed by atoms with Crippen molar-refractivity contribution in [2.45, 2.75) is 12.5 Å². The van der Waals surface area contributed by atoms with E-state index in [-0.39, 0.29) is 37.1 Å². The maximum Gasteiger partial charge on any atom is 0.225 e. The van der Waals surface area contributed by atoms with Crippen molar-refractivity contribution in [2.75, 3.05) is 29.9 Å². The molecule has 1 aromatic carbocycles. The van der Waals surface area contributed by atoms with Crippen LogP contribution in [0.25, 0.3) is 0 Å². The molecule has 1 amide bonds. The molecule has 1 aliphatic heterocycles. The van der Waals surface area contributed by atoms with Crippen LogP contribution in [0.15, 0.2) is 30.6 Å². The lowest BCUT2D eigenvalue weighted by Gasteiger charge is -2.30. The van der Waals surface area contributed by atoms with E-state index < -0.39 is 23.1 Å². The molecule has 2 aromatic rings. The molecule has 2 heterocycles. The smallest absolute Gasteiger partial charge is 0.225 e. The van der Waals surface area contributed by atoms with Crippen LogP contribution < -0.4 is 16.0 Å². The standard InChI is InChI=1S/C17H19F2N5O2/c1-10(26)23-13-2-3-15(19)14(4-13)17(20)9-24(7-11(17)8-25)16-21-5-12(18)6-22-16/h2-6,11,25H,7-9,20H2,1H3,(H,23,26)/t11-,17-/m0/s1. The molecule has 1 saturated heterocycles. The maximum absolute atomic E-state index is 14.5. The second kappa shape index (κ2) is 6.93. The van der Waals surface area contributed by atoms with Gasteiger partial charge in [0.15, 0.2) is 5.82 Å². The molecule has 0 spiro atoms. The summed E-state index contributed by atoms with van der Waals surface area (Å²) in [7, 11) is 0. The van der Waals surface area contributed by atoms with Crippen LogP contribution in [-0.4, -0.2) is 40.7 Å². The highest BCUT2D eigenvalue weighted by Gasteiger charge is 2.47. The summed E-state index contributed by atoms with van der Waals surface area (Å²) in [5.74, 6) is -1.66. The zero-order chi connectivity index (χ0) is 18.9. The normalized spacial score (nSPS) is 22.5. The summed E-state index contributed by atoms with van der Waals surface area (Å²) in [6.07, 6.45) is 2.07. The van der Waals surface area contributed by atoms with E-state index in [4.69, 9.17) is 5.73 Å². The number of hydrogen-bond donors (Lipinski definition) is 3. The van der Waals surface area contributed by atoms with Gasteiger partial charge in [-0.2, -0.15) is 0 Å². The number of anilines is 2. The van der Waals surface area contributed by atoms with Gasteiger partial charge in [-0.3, -0.25) is 4.79 Å². The van der Waals surface area contributed by atoms with E-state index >= 15 is 0 Å². The minimum Gasteiger partial charge on any atom is -0.396 e. The number of nitrogens with two attached hydrogens (primary N) is 1. The van der Waals surface area contributed by atoms with Crippen molar-refractivity contribution in [3.8, 4) is 0 Å². The number of carbonyl (C=O) groups is 1. The molecule has 7 nitrogen and oxygen atoms in total. The average Bonchev–Trinajstić information content (AvgIpc) is 2.94. The largest absolute Gasteiger partial charge is 0.396 e. The molecule has 1 aliphatic rings. The number of aliphatic hydroxyl groups is 1. The third-order valence-corrected chi connectivity index (χ3v) is 4.52. The quantitative estimate of drug-likeness (QED) is 0.749. The van der Waals surface area contributed by atoms with Gasteiger partial charge in [0.1, 0.15) is 5.82 Å². The first-order valence-corrected chi connectivity index (χ1v) is 8.03. The molecule has 0 radical (unpaired) electrons. The van der Waals surface area contributed by atoms with Gasteiger partial charge in [-0.1, -0.05) is 0 Å². The highest BCUT2D eigenvalue weighted by molar-refractivity contribution is 5.88. The van der Waals surface area contributed by atoms with Crippen molar-refractivity contribution < 1.29 is 18.7 Å². The Hall–Kier alpha value is -2.65. The lowest BCUT2D eigenvalue weighted by Crippen LogP contribution is -2.46. The summed E-state index contributed by atoms with van der Waals surface area (Å²) in [4.78, 5) is 20.8. The average molecular weight is 363 g/mol. The minimum absolute atomic E-state index is 0.129. The van der Waals surface area contributed by atoms with Gasteiger partial charge in [-0.25, -0.2) is 18.7 Å². The number of amides is 1. The zero-order valence-corrected chi connectivity index (χ0v) is 14.1. The number of rotatable bonds is 4.